The van der Waals surface area contributed by atoms with Crippen molar-refractivity contribution in [1.82, 2.24) is 4.90 Å². The first-order valence-corrected chi connectivity index (χ1v) is 6.72. The van der Waals surface area contributed by atoms with Gasteiger partial charge < -0.3 is 9.64 Å². The average Bonchev–Trinajstić information content (AvgIpc) is 2.72. The Morgan fingerprint density at radius 3 is 2.95 bits per heavy atom. The minimum atomic E-state index is -0.0730. The number of carbonyl (C=O) groups excluding carboxylic acids is 1. The third-order valence-corrected chi connectivity index (χ3v) is 4.20. The van der Waals surface area contributed by atoms with E-state index in [1.807, 2.05) is 30.0 Å². The third-order valence-electron chi connectivity index (χ3n) is 4.20. The molecule has 1 unspecified atom stereocenters. The van der Waals surface area contributed by atoms with Gasteiger partial charge in [0.25, 0.3) is 0 Å². The van der Waals surface area contributed by atoms with E-state index < -0.39 is 0 Å². The first kappa shape index (κ1) is 10.9. The van der Waals surface area contributed by atoms with Gasteiger partial charge in [0.05, 0.1) is 6.54 Å². The van der Waals surface area contributed by atoms with Crippen LogP contribution >= 0.6 is 0 Å². The molecule has 96 valence electrons. The van der Waals surface area contributed by atoms with E-state index in [-0.39, 0.29) is 18.1 Å². The molecule has 0 aliphatic carbocycles. The summed E-state index contributed by atoms with van der Waals surface area (Å²) in [6.07, 6.45) is 0.724. The molecule has 2 aliphatic heterocycles. The first-order valence-electron chi connectivity index (χ1n) is 6.72. The number of ether oxygens (including phenoxy) is 1. The van der Waals surface area contributed by atoms with Crippen LogP contribution < -0.4 is 4.74 Å². The molecule has 2 heterocycles. The van der Waals surface area contributed by atoms with Crippen LogP contribution in [0.15, 0.2) is 36.4 Å². The highest BCUT2D eigenvalue weighted by atomic mass is 16.5. The van der Waals surface area contributed by atoms with Gasteiger partial charge in [0.2, 0.25) is 5.91 Å². The maximum absolute atomic E-state index is 12.1. The van der Waals surface area contributed by atoms with Gasteiger partial charge in [-0.2, -0.15) is 0 Å². The Morgan fingerprint density at radius 2 is 2.05 bits per heavy atom. The molecule has 0 N–H and O–H groups in total. The molecule has 1 fully saturated rings. The molecule has 2 aromatic rings. The van der Waals surface area contributed by atoms with E-state index in [2.05, 4.69) is 18.2 Å². The number of rotatable bonds is 0. The number of carbonyl (C=O) groups is 1. The second kappa shape index (κ2) is 3.73. The van der Waals surface area contributed by atoms with E-state index in [1.165, 1.54) is 10.8 Å². The van der Waals surface area contributed by atoms with Crippen LogP contribution in [0.4, 0.5) is 0 Å². The van der Waals surface area contributed by atoms with Gasteiger partial charge in [0.1, 0.15) is 5.75 Å². The smallest absolute Gasteiger partial charge is 0.228 e. The second-order valence-corrected chi connectivity index (χ2v) is 5.44. The van der Waals surface area contributed by atoms with E-state index in [1.54, 1.807) is 0 Å². The summed E-state index contributed by atoms with van der Waals surface area (Å²) in [4.78, 5) is 14.0. The van der Waals surface area contributed by atoms with Crippen LogP contribution in [0.3, 0.4) is 0 Å². The predicted molar refractivity (Wildman–Crippen MR) is 72.7 cm³/mol. The van der Waals surface area contributed by atoms with Crippen molar-refractivity contribution in [3.8, 4) is 5.75 Å². The Bertz CT molecular complexity index is 680. The van der Waals surface area contributed by atoms with Crippen molar-refractivity contribution in [3.63, 3.8) is 0 Å². The maximum Gasteiger partial charge on any atom is 0.228 e. The second-order valence-electron chi connectivity index (χ2n) is 5.44. The first-order chi connectivity index (χ1) is 9.24. The fourth-order valence-electron chi connectivity index (χ4n) is 3.15. The quantitative estimate of drug-likeness (QED) is 0.722. The molecule has 3 heteroatoms. The SMILES string of the molecule is C[C@@H]1CC2Oc3ccc4ccccc4c3CN2C1=O. The average molecular weight is 253 g/mol. The zero-order chi connectivity index (χ0) is 13.0. The van der Waals surface area contributed by atoms with Crippen molar-refractivity contribution >= 4 is 16.7 Å². The number of fused-ring (bicyclic) bond motifs is 4. The predicted octanol–water partition coefficient (Wildman–Crippen LogP) is 2.93. The molecule has 1 saturated heterocycles. The summed E-state index contributed by atoms with van der Waals surface area (Å²) >= 11 is 0. The molecule has 2 aromatic carbocycles. The molecule has 0 spiro atoms. The van der Waals surface area contributed by atoms with Crippen molar-refractivity contribution in [3.05, 3.63) is 42.0 Å². The van der Waals surface area contributed by atoms with Crippen LogP contribution in [0.2, 0.25) is 0 Å². The number of amides is 1. The molecular weight excluding hydrogens is 238 g/mol. The normalized spacial score (nSPS) is 25.1. The van der Waals surface area contributed by atoms with Crippen LogP contribution in [0.1, 0.15) is 18.9 Å². The van der Waals surface area contributed by atoms with Crippen molar-refractivity contribution in [1.29, 1.82) is 0 Å². The van der Waals surface area contributed by atoms with Crippen LogP contribution in [0.5, 0.6) is 5.75 Å². The molecule has 3 nitrogen and oxygen atoms in total. The number of hydrogen-bond donors (Lipinski definition) is 0. The highest BCUT2D eigenvalue weighted by molar-refractivity contribution is 5.89. The molecule has 2 atom stereocenters. The molecular formula is C16H15NO2. The fraction of sp³-hybridized carbons (Fsp3) is 0.312. The van der Waals surface area contributed by atoms with Crippen molar-refractivity contribution < 1.29 is 9.53 Å². The number of nitrogens with zero attached hydrogens (tertiary/aromatic N) is 1. The van der Waals surface area contributed by atoms with Gasteiger partial charge in [-0.3, -0.25) is 4.79 Å². The maximum atomic E-state index is 12.1. The molecule has 2 aliphatic rings. The van der Waals surface area contributed by atoms with E-state index in [0.29, 0.717) is 6.54 Å². The van der Waals surface area contributed by atoms with E-state index >= 15 is 0 Å². The molecule has 4 rings (SSSR count). The number of hydrogen-bond acceptors (Lipinski definition) is 2. The lowest BCUT2D eigenvalue weighted by molar-refractivity contribution is -0.136. The lowest BCUT2D eigenvalue weighted by Gasteiger charge is -2.32. The lowest BCUT2D eigenvalue weighted by atomic mass is 10.0. The zero-order valence-electron chi connectivity index (χ0n) is 10.8. The van der Waals surface area contributed by atoms with E-state index in [9.17, 15) is 4.79 Å². The standard InChI is InChI=1S/C16H15NO2/c1-10-8-15-17(16(10)18)9-13-12-5-3-2-4-11(12)6-7-14(13)19-15/h2-7,10,15H,8-9H2,1H3/t10-,15?/m1/s1. The Balaban J connectivity index is 1.86. The molecule has 1 amide bonds. The van der Waals surface area contributed by atoms with Gasteiger partial charge in [0.15, 0.2) is 6.23 Å². The Hall–Kier alpha value is -2.03. The monoisotopic (exact) mass is 253 g/mol. The van der Waals surface area contributed by atoms with Crippen LogP contribution in [0.25, 0.3) is 10.8 Å². The lowest BCUT2D eigenvalue weighted by Crippen LogP contribution is -2.40. The summed E-state index contributed by atoms with van der Waals surface area (Å²) in [7, 11) is 0. The van der Waals surface area contributed by atoms with E-state index in [0.717, 1.165) is 17.7 Å². The van der Waals surface area contributed by atoms with Crippen molar-refractivity contribution in [2.75, 3.05) is 0 Å². The highest BCUT2D eigenvalue weighted by Crippen LogP contribution is 2.38. The largest absolute Gasteiger partial charge is 0.470 e. The Kier molecular flexibility index (Phi) is 2.13. The summed E-state index contributed by atoms with van der Waals surface area (Å²) in [6, 6.07) is 12.4. The summed E-state index contributed by atoms with van der Waals surface area (Å²) in [5.74, 6) is 1.22. The molecule has 0 bridgehead atoms. The van der Waals surface area contributed by atoms with Gasteiger partial charge in [-0.05, 0) is 16.8 Å². The minimum absolute atomic E-state index is 0.0730. The summed E-state index contributed by atoms with van der Waals surface area (Å²) in [5, 5.41) is 2.38. The summed E-state index contributed by atoms with van der Waals surface area (Å²) in [5.41, 5.74) is 1.14. The molecule has 0 saturated carbocycles. The van der Waals surface area contributed by atoms with E-state index in [4.69, 9.17) is 4.74 Å². The van der Waals surface area contributed by atoms with Crippen molar-refractivity contribution in [2.24, 2.45) is 5.92 Å². The van der Waals surface area contributed by atoms with Gasteiger partial charge >= 0.3 is 0 Å². The van der Waals surface area contributed by atoms with Gasteiger partial charge in [-0.15, -0.1) is 0 Å². The van der Waals surface area contributed by atoms with Crippen molar-refractivity contribution in [2.45, 2.75) is 26.1 Å². The van der Waals surface area contributed by atoms with Crippen LogP contribution in [-0.4, -0.2) is 17.0 Å². The van der Waals surface area contributed by atoms with Gasteiger partial charge in [0, 0.05) is 17.9 Å². The zero-order valence-corrected chi connectivity index (χ0v) is 10.8. The summed E-state index contributed by atoms with van der Waals surface area (Å²) < 4.78 is 6.01. The van der Waals surface area contributed by atoms with Gasteiger partial charge in [-0.25, -0.2) is 0 Å². The topological polar surface area (TPSA) is 29.5 Å². The highest BCUT2D eigenvalue weighted by Gasteiger charge is 2.41. The summed E-state index contributed by atoms with van der Waals surface area (Å²) in [6.45, 7) is 2.65. The van der Waals surface area contributed by atoms with Crippen LogP contribution in [0, 0.1) is 5.92 Å². The van der Waals surface area contributed by atoms with Gasteiger partial charge in [-0.1, -0.05) is 37.3 Å². The fourth-order valence-corrected chi connectivity index (χ4v) is 3.15. The molecule has 0 radical (unpaired) electrons. The minimum Gasteiger partial charge on any atom is -0.470 e. The Morgan fingerprint density at radius 1 is 1.21 bits per heavy atom. The Labute approximate surface area is 111 Å². The van der Waals surface area contributed by atoms with Crippen LogP contribution in [-0.2, 0) is 11.3 Å². The number of benzene rings is 2. The third kappa shape index (κ3) is 1.47. The molecule has 19 heavy (non-hydrogen) atoms. The molecule has 0 aromatic heterocycles.